The highest BCUT2D eigenvalue weighted by atomic mass is 16.5. The molecule has 6 nitrogen and oxygen atoms in total. The third-order valence-electron chi connectivity index (χ3n) is 4.41. The van der Waals surface area contributed by atoms with E-state index < -0.39 is 0 Å². The van der Waals surface area contributed by atoms with Crippen LogP contribution in [0.4, 0.5) is 5.69 Å². The number of carbonyl (C=O) groups excluding carboxylic acids is 1. The Balaban J connectivity index is 1.80. The second-order valence-electron chi connectivity index (χ2n) is 6.22. The van der Waals surface area contributed by atoms with Crippen LogP contribution in [0.5, 0.6) is 11.5 Å². The maximum absolute atomic E-state index is 12.6. The quantitative estimate of drug-likeness (QED) is 0.724. The van der Waals surface area contributed by atoms with Crippen LogP contribution >= 0.6 is 0 Å². The summed E-state index contributed by atoms with van der Waals surface area (Å²) < 4.78 is 12.4. The monoisotopic (exact) mass is 365 g/mol. The van der Waals surface area contributed by atoms with Gasteiger partial charge in [-0.25, -0.2) is 4.68 Å². The lowest BCUT2D eigenvalue weighted by atomic mass is 10.1. The average Bonchev–Trinajstić information content (AvgIpc) is 2.96. The Morgan fingerprint density at radius 2 is 1.67 bits per heavy atom. The molecule has 3 rings (SSSR count). The summed E-state index contributed by atoms with van der Waals surface area (Å²) in [7, 11) is 3.15. The van der Waals surface area contributed by atoms with Crippen LogP contribution in [0.3, 0.4) is 0 Å². The van der Waals surface area contributed by atoms with Crippen molar-refractivity contribution in [3.8, 4) is 17.2 Å². The molecule has 1 aromatic heterocycles. The third-order valence-corrected chi connectivity index (χ3v) is 4.41. The van der Waals surface area contributed by atoms with Crippen molar-refractivity contribution >= 4 is 11.6 Å². The normalized spacial score (nSPS) is 10.5. The zero-order valence-electron chi connectivity index (χ0n) is 15.9. The van der Waals surface area contributed by atoms with E-state index in [1.165, 1.54) is 0 Å². The summed E-state index contributed by atoms with van der Waals surface area (Å²) in [5.41, 5.74) is 4.32. The molecule has 1 heterocycles. The summed E-state index contributed by atoms with van der Waals surface area (Å²) in [4.78, 5) is 12.6. The standard InChI is InChI=1S/C21H23N3O3/c1-14-20(15(2)24(23-14)17-8-6-5-7-9-17)13-21(25)22-16-10-18(26-3)12-19(11-16)27-4/h5-12H,13H2,1-4H3,(H,22,25). The molecule has 0 fully saturated rings. The van der Waals surface area contributed by atoms with Gasteiger partial charge >= 0.3 is 0 Å². The number of anilines is 1. The SMILES string of the molecule is COc1cc(NC(=O)Cc2c(C)nn(-c3ccccc3)c2C)cc(OC)c1. The van der Waals surface area contributed by atoms with Crippen LogP contribution in [0.25, 0.3) is 5.69 Å². The molecule has 0 aliphatic rings. The molecule has 0 radical (unpaired) electrons. The van der Waals surface area contributed by atoms with Gasteiger partial charge in [-0.1, -0.05) is 18.2 Å². The van der Waals surface area contributed by atoms with Crippen LogP contribution in [0, 0.1) is 13.8 Å². The molecule has 0 unspecified atom stereocenters. The fraction of sp³-hybridized carbons (Fsp3) is 0.238. The molecule has 6 heteroatoms. The summed E-state index contributed by atoms with van der Waals surface area (Å²) >= 11 is 0. The number of ether oxygens (including phenoxy) is 2. The van der Waals surface area contributed by atoms with E-state index in [0.29, 0.717) is 17.2 Å². The van der Waals surface area contributed by atoms with Gasteiger partial charge in [0, 0.05) is 35.1 Å². The number of amides is 1. The van der Waals surface area contributed by atoms with Gasteiger partial charge in [0.25, 0.3) is 0 Å². The average molecular weight is 365 g/mol. The van der Waals surface area contributed by atoms with E-state index in [4.69, 9.17) is 9.47 Å². The Labute approximate surface area is 158 Å². The number of nitrogens with zero attached hydrogens (tertiary/aromatic N) is 2. The Morgan fingerprint density at radius 3 is 2.26 bits per heavy atom. The van der Waals surface area contributed by atoms with Crippen molar-refractivity contribution in [3.05, 3.63) is 65.5 Å². The lowest BCUT2D eigenvalue weighted by Gasteiger charge is -2.10. The molecule has 0 atom stereocenters. The Morgan fingerprint density at radius 1 is 1.04 bits per heavy atom. The predicted octanol–water partition coefficient (Wildman–Crippen LogP) is 3.69. The molecule has 27 heavy (non-hydrogen) atoms. The highest BCUT2D eigenvalue weighted by molar-refractivity contribution is 5.93. The van der Waals surface area contributed by atoms with Gasteiger partial charge in [-0.2, -0.15) is 5.10 Å². The van der Waals surface area contributed by atoms with Crippen LogP contribution in [0.15, 0.2) is 48.5 Å². The molecule has 2 aromatic carbocycles. The van der Waals surface area contributed by atoms with Crippen molar-refractivity contribution < 1.29 is 14.3 Å². The number of nitrogens with one attached hydrogen (secondary N) is 1. The van der Waals surface area contributed by atoms with Gasteiger partial charge in [-0.15, -0.1) is 0 Å². The molecule has 0 aliphatic heterocycles. The molecule has 0 saturated heterocycles. The van der Waals surface area contributed by atoms with Crippen LogP contribution in [0.1, 0.15) is 17.0 Å². The summed E-state index contributed by atoms with van der Waals surface area (Å²) in [5.74, 6) is 1.12. The Kier molecular flexibility index (Phi) is 5.45. The molecular weight excluding hydrogens is 342 g/mol. The summed E-state index contributed by atoms with van der Waals surface area (Å²) in [6.45, 7) is 3.90. The second-order valence-corrected chi connectivity index (χ2v) is 6.22. The number of rotatable bonds is 6. The van der Waals surface area contributed by atoms with Gasteiger partial charge in [-0.05, 0) is 26.0 Å². The van der Waals surface area contributed by atoms with Gasteiger partial charge in [0.1, 0.15) is 11.5 Å². The lowest BCUT2D eigenvalue weighted by molar-refractivity contribution is -0.115. The van der Waals surface area contributed by atoms with Crippen molar-refractivity contribution in [2.45, 2.75) is 20.3 Å². The van der Waals surface area contributed by atoms with Crippen LogP contribution < -0.4 is 14.8 Å². The Hall–Kier alpha value is -3.28. The first-order valence-electron chi connectivity index (χ1n) is 8.65. The minimum atomic E-state index is -0.121. The first-order valence-corrected chi connectivity index (χ1v) is 8.65. The van der Waals surface area contributed by atoms with Gasteiger partial charge in [0.05, 0.1) is 32.0 Å². The third kappa shape index (κ3) is 4.11. The first kappa shape index (κ1) is 18.5. The first-order chi connectivity index (χ1) is 13.0. The highest BCUT2D eigenvalue weighted by Gasteiger charge is 2.16. The maximum atomic E-state index is 12.6. The highest BCUT2D eigenvalue weighted by Crippen LogP contribution is 2.26. The molecule has 0 saturated carbocycles. The van der Waals surface area contributed by atoms with Gasteiger partial charge in [0.15, 0.2) is 0 Å². The zero-order chi connectivity index (χ0) is 19.4. The topological polar surface area (TPSA) is 65.4 Å². The van der Waals surface area contributed by atoms with E-state index in [2.05, 4.69) is 10.4 Å². The van der Waals surface area contributed by atoms with Gasteiger partial charge in [-0.3, -0.25) is 4.79 Å². The van der Waals surface area contributed by atoms with E-state index in [9.17, 15) is 4.79 Å². The van der Waals surface area contributed by atoms with Crippen molar-refractivity contribution in [1.82, 2.24) is 9.78 Å². The van der Waals surface area contributed by atoms with E-state index in [0.717, 1.165) is 22.6 Å². The molecule has 0 aliphatic carbocycles. The number of carbonyl (C=O) groups is 1. The molecule has 3 aromatic rings. The summed E-state index contributed by atoms with van der Waals surface area (Å²) in [6.07, 6.45) is 0.240. The number of para-hydroxylation sites is 1. The minimum absolute atomic E-state index is 0.121. The van der Waals surface area contributed by atoms with Gasteiger partial charge in [0.2, 0.25) is 5.91 Å². The molecule has 0 spiro atoms. The number of aromatic nitrogens is 2. The van der Waals surface area contributed by atoms with E-state index in [1.807, 2.05) is 48.9 Å². The summed E-state index contributed by atoms with van der Waals surface area (Å²) in [6, 6.07) is 15.2. The smallest absolute Gasteiger partial charge is 0.228 e. The fourth-order valence-corrected chi connectivity index (χ4v) is 3.00. The number of aryl methyl sites for hydroxylation is 1. The summed E-state index contributed by atoms with van der Waals surface area (Å²) in [5, 5.41) is 7.50. The molecule has 140 valence electrons. The number of hydrogen-bond acceptors (Lipinski definition) is 4. The number of methoxy groups -OCH3 is 2. The second kappa shape index (κ2) is 7.95. The van der Waals surface area contributed by atoms with E-state index >= 15 is 0 Å². The zero-order valence-corrected chi connectivity index (χ0v) is 15.9. The molecule has 0 bridgehead atoms. The van der Waals surface area contributed by atoms with Crippen LogP contribution in [-0.4, -0.2) is 29.9 Å². The fourth-order valence-electron chi connectivity index (χ4n) is 3.00. The maximum Gasteiger partial charge on any atom is 0.228 e. The van der Waals surface area contributed by atoms with Crippen molar-refractivity contribution in [2.24, 2.45) is 0 Å². The van der Waals surface area contributed by atoms with E-state index in [-0.39, 0.29) is 12.3 Å². The lowest BCUT2D eigenvalue weighted by Crippen LogP contribution is -2.15. The van der Waals surface area contributed by atoms with Crippen molar-refractivity contribution in [3.63, 3.8) is 0 Å². The number of benzene rings is 2. The minimum Gasteiger partial charge on any atom is -0.497 e. The van der Waals surface area contributed by atoms with Crippen LogP contribution in [0.2, 0.25) is 0 Å². The van der Waals surface area contributed by atoms with Crippen LogP contribution in [-0.2, 0) is 11.2 Å². The Bertz CT molecular complexity index is 927. The van der Waals surface area contributed by atoms with E-state index in [1.54, 1.807) is 32.4 Å². The van der Waals surface area contributed by atoms with Gasteiger partial charge < -0.3 is 14.8 Å². The molecule has 1 N–H and O–H groups in total. The molecular formula is C21H23N3O3. The van der Waals surface area contributed by atoms with Crippen molar-refractivity contribution in [2.75, 3.05) is 19.5 Å². The predicted molar refractivity (Wildman–Crippen MR) is 105 cm³/mol. The largest absolute Gasteiger partial charge is 0.497 e. The number of hydrogen-bond donors (Lipinski definition) is 1. The molecule has 1 amide bonds. The van der Waals surface area contributed by atoms with Crippen molar-refractivity contribution in [1.29, 1.82) is 0 Å².